The number of allylic oxidation sites excluding steroid dienone is 2. The van der Waals surface area contributed by atoms with Gasteiger partial charge in [0.1, 0.15) is 6.29 Å². The average molecular weight is 136 g/mol. The van der Waals surface area contributed by atoms with Crippen LogP contribution in [0.2, 0.25) is 0 Å². The summed E-state index contributed by atoms with van der Waals surface area (Å²) < 4.78 is 0. The largest absolute Gasteiger partial charge is 0.299 e. The van der Waals surface area contributed by atoms with Crippen LogP contribution >= 0.6 is 0 Å². The van der Waals surface area contributed by atoms with Crippen molar-refractivity contribution in [1.82, 2.24) is 0 Å². The quantitative estimate of drug-likeness (QED) is 0.397. The predicted octanol–water partition coefficient (Wildman–Crippen LogP) is 1.93. The van der Waals surface area contributed by atoms with E-state index in [9.17, 15) is 4.79 Å². The highest BCUT2D eigenvalue weighted by Crippen LogP contribution is 2.47. The van der Waals surface area contributed by atoms with Crippen LogP contribution in [0.15, 0.2) is 11.6 Å². The molecule has 0 amide bonds. The van der Waals surface area contributed by atoms with Crippen molar-refractivity contribution < 1.29 is 4.79 Å². The maximum Gasteiger partial charge on any atom is 0.142 e. The molecule has 1 heteroatoms. The zero-order chi connectivity index (χ0) is 6.97. The maximum absolute atomic E-state index is 10.2. The Morgan fingerprint density at radius 1 is 1.40 bits per heavy atom. The van der Waals surface area contributed by atoms with Crippen molar-refractivity contribution >= 4 is 6.29 Å². The van der Waals surface area contributed by atoms with E-state index < -0.39 is 0 Å². The molecular weight excluding hydrogens is 124 g/mol. The smallest absolute Gasteiger partial charge is 0.142 e. The minimum atomic E-state index is 0.787. The van der Waals surface area contributed by atoms with Crippen molar-refractivity contribution in [3.63, 3.8) is 0 Å². The standard InChI is InChI=1S/C9H12O/c10-4-3-9-6-7-1-2-8(9)5-7/h3-4,7-8H,1-2,5-6H2/b9-3-. The third-order valence-electron chi connectivity index (χ3n) is 2.87. The topological polar surface area (TPSA) is 17.1 Å². The molecule has 0 radical (unpaired) electrons. The second-order valence-electron chi connectivity index (χ2n) is 3.46. The van der Waals surface area contributed by atoms with Crippen molar-refractivity contribution in [3.05, 3.63) is 11.6 Å². The van der Waals surface area contributed by atoms with E-state index in [-0.39, 0.29) is 0 Å². The fraction of sp³-hybridized carbons (Fsp3) is 0.667. The monoisotopic (exact) mass is 136 g/mol. The van der Waals surface area contributed by atoms with E-state index in [0.29, 0.717) is 0 Å². The highest BCUT2D eigenvalue weighted by Gasteiger charge is 2.34. The zero-order valence-electron chi connectivity index (χ0n) is 6.05. The Morgan fingerprint density at radius 2 is 2.30 bits per heavy atom. The number of fused-ring (bicyclic) bond motifs is 2. The first-order valence-electron chi connectivity index (χ1n) is 4.04. The first-order chi connectivity index (χ1) is 4.90. The molecule has 2 saturated carbocycles. The predicted molar refractivity (Wildman–Crippen MR) is 39.6 cm³/mol. The fourth-order valence-corrected chi connectivity index (χ4v) is 2.39. The van der Waals surface area contributed by atoms with Crippen LogP contribution in [0.3, 0.4) is 0 Å². The van der Waals surface area contributed by atoms with E-state index in [0.717, 1.165) is 18.1 Å². The summed E-state index contributed by atoms with van der Waals surface area (Å²) in [4.78, 5) is 10.2. The summed E-state index contributed by atoms with van der Waals surface area (Å²) >= 11 is 0. The molecular formula is C9H12O. The molecule has 0 heterocycles. The van der Waals surface area contributed by atoms with E-state index in [4.69, 9.17) is 0 Å². The van der Waals surface area contributed by atoms with Crippen LogP contribution in [0.1, 0.15) is 25.7 Å². The van der Waals surface area contributed by atoms with Crippen molar-refractivity contribution in [1.29, 1.82) is 0 Å². The second kappa shape index (κ2) is 2.22. The molecule has 2 aliphatic carbocycles. The van der Waals surface area contributed by atoms with Gasteiger partial charge in [-0.25, -0.2) is 0 Å². The van der Waals surface area contributed by atoms with Crippen molar-refractivity contribution in [2.45, 2.75) is 25.7 Å². The zero-order valence-corrected chi connectivity index (χ0v) is 6.05. The van der Waals surface area contributed by atoms with Crippen molar-refractivity contribution in [3.8, 4) is 0 Å². The van der Waals surface area contributed by atoms with Gasteiger partial charge in [-0.1, -0.05) is 5.57 Å². The number of carbonyl (C=O) groups excluding carboxylic acids is 1. The molecule has 0 N–H and O–H groups in total. The lowest BCUT2D eigenvalue weighted by Gasteiger charge is -2.10. The molecule has 0 saturated heterocycles. The summed E-state index contributed by atoms with van der Waals surface area (Å²) in [6.07, 6.45) is 8.04. The van der Waals surface area contributed by atoms with Gasteiger partial charge in [0.05, 0.1) is 0 Å². The minimum Gasteiger partial charge on any atom is -0.299 e. The van der Waals surface area contributed by atoms with Crippen LogP contribution in [-0.4, -0.2) is 6.29 Å². The van der Waals surface area contributed by atoms with Gasteiger partial charge in [0, 0.05) is 0 Å². The number of hydrogen-bond acceptors (Lipinski definition) is 1. The summed E-state index contributed by atoms with van der Waals surface area (Å²) in [7, 11) is 0. The lowest BCUT2D eigenvalue weighted by atomic mass is 9.95. The molecule has 2 atom stereocenters. The molecule has 54 valence electrons. The van der Waals surface area contributed by atoms with Crippen molar-refractivity contribution in [2.24, 2.45) is 11.8 Å². The van der Waals surface area contributed by atoms with E-state index >= 15 is 0 Å². The Balaban J connectivity index is 2.15. The second-order valence-corrected chi connectivity index (χ2v) is 3.46. The van der Waals surface area contributed by atoms with Gasteiger partial charge in [0.25, 0.3) is 0 Å². The lowest BCUT2D eigenvalue weighted by Crippen LogP contribution is -1.97. The van der Waals surface area contributed by atoms with Crippen LogP contribution < -0.4 is 0 Å². The molecule has 0 aromatic rings. The number of rotatable bonds is 1. The summed E-state index contributed by atoms with van der Waals surface area (Å²) in [6.45, 7) is 0. The third-order valence-corrected chi connectivity index (χ3v) is 2.87. The maximum atomic E-state index is 10.2. The number of aldehydes is 1. The van der Waals surface area contributed by atoms with Gasteiger partial charge >= 0.3 is 0 Å². The van der Waals surface area contributed by atoms with Gasteiger partial charge in [-0.05, 0) is 43.6 Å². The van der Waals surface area contributed by atoms with Crippen LogP contribution in [0, 0.1) is 11.8 Å². The molecule has 2 bridgehead atoms. The summed E-state index contributed by atoms with van der Waals surface area (Å²) in [6, 6.07) is 0. The van der Waals surface area contributed by atoms with Crippen LogP contribution in [-0.2, 0) is 4.79 Å². The minimum absolute atomic E-state index is 0.787. The number of carbonyl (C=O) groups is 1. The number of hydrogen-bond donors (Lipinski definition) is 0. The Kier molecular flexibility index (Phi) is 1.37. The molecule has 10 heavy (non-hydrogen) atoms. The van der Waals surface area contributed by atoms with Gasteiger partial charge in [-0.2, -0.15) is 0 Å². The van der Waals surface area contributed by atoms with Crippen LogP contribution in [0.25, 0.3) is 0 Å². The highest BCUT2D eigenvalue weighted by molar-refractivity contribution is 5.66. The summed E-state index contributed by atoms with van der Waals surface area (Å²) in [5.41, 5.74) is 1.42. The van der Waals surface area contributed by atoms with Gasteiger partial charge in [0.2, 0.25) is 0 Å². The van der Waals surface area contributed by atoms with Gasteiger partial charge < -0.3 is 0 Å². The molecule has 2 unspecified atom stereocenters. The van der Waals surface area contributed by atoms with Crippen LogP contribution in [0.4, 0.5) is 0 Å². The van der Waals surface area contributed by atoms with E-state index in [1.165, 1.54) is 31.3 Å². The molecule has 0 aromatic heterocycles. The fourth-order valence-electron chi connectivity index (χ4n) is 2.39. The Hall–Kier alpha value is -0.590. The molecule has 1 nitrogen and oxygen atoms in total. The molecule has 0 spiro atoms. The normalized spacial score (nSPS) is 41.0. The highest BCUT2D eigenvalue weighted by atomic mass is 16.1. The summed E-state index contributed by atoms with van der Waals surface area (Å²) in [5.74, 6) is 1.71. The molecule has 2 aliphatic rings. The lowest BCUT2D eigenvalue weighted by molar-refractivity contribution is -0.104. The molecule has 2 fully saturated rings. The average Bonchev–Trinajstić information content (AvgIpc) is 2.48. The summed E-state index contributed by atoms with van der Waals surface area (Å²) in [5, 5.41) is 0. The van der Waals surface area contributed by atoms with E-state index in [1.54, 1.807) is 6.08 Å². The van der Waals surface area contributed by atoms with Gasteiger partial charge in [0.15, 0.2) is 0 Å². The van der Waals surface area contributed by atoms with E-state index in [2.05, 4.69) is 0 Å². The Morgan fingerprint density at radius 3 is 2.80 bits per heavy atom. The Labute approximate surface area is 61.1 Å². The molecule has 2 rings (SSSR count). The van der Waals surface area contributed by atoms with Gasteiger partial charge in [-0.15, -0.1) is 0 Å². The third kappa shape index (κ3) is 0.808. The first-order valence-corrected chi connectivity index (χ1v) is 4.04. The van der Waals surface area contributed by atoms with E-state index in [1.807, 2.05) is 0 Å². The first kappa shape index (κ1) is 6.14. The molecule has 0 aromatic carbocycles. The SMILES string of the molecule is O=C/C=C1/CC2CCC1C2. The molecule has 0 aliphatic heterocycles. The van der Waals surface area contributed by atoms with Crippen LogP contribution in [0.5, 0.6) is 0 Å². The Bertz CT molecular complexity index is 181. The van der Waals surface area contributed by atoms with Gasteiger partial charge in [-0.3, -0.25) is 4.79 Å². The van der Waals surface area contributed by atoms with Crippen molar-refractivity contribution in [2.75, 3.05) is 0 Å².